The van der Waals surface area contributed by atoms with Crippen LogP contribution in [0.1, 0.15) is 26.6 Å². The number of nitrogens with two attached hydrogens (primary N) is 1. The van der Waals surface area contributed by atoms with Crippen LogP contribution in [0.15, 0.2) is 24.3 Å². The van der Waals surface area contributed by atoms with Crippen LogP contribution in [0.25, 0.3) is 11.3 Å². The summed E-state index contributed by atoms with van der Waals surface area (Å²) in [6, 6.07) is 7.90. The molecule has 2 aromatic rings. The van der Waals surface area contributed by atoms with E-state index in [0.29, 0.717) is 12.4 Å². The Labute approximate surface area is 114 Å². The lowest BCUT2D eigenvalue weighted by Crippen LogP contribution is -2.04. The molecule has 2 rings (SSSR count). The molecule has 0 bridgehead atoms. The highest BCUT2D eigenvalue weighted by molar-refractivity contribution is 5.76. The number of aromatic nitrogens is 2. The van der Waals surface area contributed by atoms with E-state index >= 15 is 0 Å². The van der Waals surface area contributed by atoms with E-state index in [9.17, 15) is 0 Å². The Hall–Kier alpha value is -1.97. The van der Waals surface area contributed by atoms with Crippen LogP contribution in [0.2, 0.25) is 0 Å². The lowest BCUT2D eigenvalue weighted by atomic mass is 10.1. The number of hydrogen-bond donors (Lipinski definition) is 1. The average Bonchev–Trinajstić information content (AvgIpc) is 2.76. The number of aryl methyl sites for hydroxylation is 1. The molecule has 0 fully saturated rings. The van der Waals surface area contributed by atoms with Gasteiger partial charge in [0, 0.05) is 18.5 Å². The Balaban J connectivity index is 2.56. The first-order valence-electron chi connectivity index (χ1n) is 6.79. The Bertz CT molecular complexity index is 561. The molecule has 0 spiro atoms. The summed E-state index contributed by atoms with van der Waals surface area (Å²) in [4.78, 5) is 4.67. The Kier molecular flexibility index (Phi) is 4.10. The van der Waals surface area contributed by atoms with Gasteiger partial charge in [0.05, 0.1) is 6.61 Å². The van der Waals surface area contributed by atoms with E-state index in [4.69, 9.17) is 10.5 Å². The number of imidazole rings is 1. The van der Waals surface area contributed by atoms with Gasteiger partial charge in [-0.1, -0.05) is 19.1 Å². The fourth-order valence-electron chi connectivity index (χ4n) is 2.28. The molecule has 0 unspecified atom stereocenters. The van der Waals surface area contributed by atoms with Gasteiger partial charge in [0.1, 0.15) is 23.1 Å². The van der Waals surface area contributed by atoms with Crippen LogP contribution in [-0.2, 0) is 13.0 Å². The average molecular weight is 259 g/mol. The minimum Gasteiger partial charge on any atom is -0.493 e. The van der Waals surface area contributed by atoms with Gasteiger partial charge in [0.2, 0.25) is 0 Å². The normalized spacial score (nSPS) is 10.7. The molecular formula is C15H21N3O. The molecule has 0 saturated carbocycles. The summed E-state index contributed by atoms with van der Waals surface area (Å²) in [5.41, 5.74) is 8.02. The molecule has 1 aromatic heterocycles. The highest BCUT2D eigenvalue weighted by atomic mass is 16.5. The first-order chi connectivity index (χ1) is 9.22. The number of hydrogen-bond acceptors (Lipinski definition) is 3. The van der Waals surface area contributed by atoms with Crippen molar-refractivity contribution >= 4 is 5.82 Å². The Morgan fingerprint density at radius 3 is 2.53 bits per heavy atom. The maximum Gasteiger partial charge on any atom is 0.131 e. The fourth-order valence-corrected chi connectivity index (χ4v) is 2.28. The topological polar surface area (TPSA) is 53.1 Å². The lowest BCUT2D eigenvalue weighted by Gasteiger charge is -2.09. The maximum absolute atomic E-state index is 6.23. The Morgan fingerprint density at radius 2 is 1.95 bits per heavy atom. The summed E-state index contributed by atoms with van der Waals surface area (Å²) in [5, 5.41) is 0. The lowest BCUT2D eigenvalue weighted by molar-refractivity contribution is 0.341. The van der Waals surface area contributed by atoms with Crippen LogP contribution in [0, 0.1) is 0 Å². The van der Waals surface area contributed by atoms with Gasteiger partial charge in [0.25, 0.3) is 0 Å². The van der Waals surface area contributed by atoms with Crippen molar-refractivity contribution in [2.75, 3.05) is 12.3 Å². The number of nitrogen functional groups attached to an aromatic ring is 1. The summed E-state index contributed by atoms with van der Waals surface area (Å²) in [6.07, 6.45) is 0.870. The summed E-state index contributed by atoms with van der Waals surface area (Å²) in [6.45, 7) is 7.61. The largest absolute Gasteiger partial charge is 0.493 e. The van der Waals surface area contributed by atoms with Gasteiger partial charge in [-0.15, -0.1) is 0 Å². The summed E-state index contributed by atoms with van der Waals surface area (Å²) in [5.74, 6) is 2.56. The van der Waals surface area contributed by atoms with E-state index in [2.05, 4.69) is 23.4 Å². The number of rotatable bonds is 5. The Morgan fingerprint density at radius 1 is 1.21 bits per heavy atom. The fraction of sp³-hybridized carbons (Fsp3) is 0.400. The first-order valence-corrected chi connectivity index (χ1v) is 6.79. The minimum absolute atomic E-state index is 0.631. The van der Waals surface area contributed by atoms with Gasteiger partial charge in [-0.2, -0.15) is 0 Å². The zero-order valence-electron chi connectivity index (χ0n) is 11.8. The second-order valence-corrected chi connectivity index (χ2v) is 4.29. The molecule has 0 amide bonds. The maximum atomic E-state index is 6.23. The van der Waals surface area contributed by atoms with E-state index in [1.54, 1.807) is 0 Å². The van der Waals surface area contributed by atoms with Gasteiger partial charge >= 0.3 is 0 Å². The second-order valence-electron chi connectivity index (χ2n) is 4.29. The zero-order chi connectivity index (χ0) is 13.8. The molecule has 19 heavy (non-hydrogen) atoms. The molecule has 0 radical (unpaired) electrons. The van der Waals surface area contributed by atoms with E-state index in [0.717, 1.165) is 35.8 Å². The van der Waals surface area contributed by atoms with Gasteiger partial charge in [-0.25, -0.2) is 4.98 Å². The molecule has 2 N–H and O–H groups in total. The van der Waals surface area contributed by atoms with Gasteiger partial charge in [-0.3, -0.25) is 0 Å². The van der Waals surface area contributed by atoms with E-state index < -0.39 is 0 Å². The molecule has 0 aliphatic carbocycles. The second kappa shape index (κ2) is 5.78. The number of para-hydroxylation sites is 1. The molecule has 0 atom stereocenters. The summed E-state index contributed by atoms with van der Waals surface area (Å²) < 4.78 is 7.71. The van der Waals surface area contributed by atoms with Crippen LogP contribution in [0.4, 0.5) is 5.82 Å². The monoisotopic (exact) mass is 259 g/mol. The third-order valence-corrected chi connectivity index (χ3v) is 3.16. The minimum atomic E-state index is 0.631. The van der Waals surface area contributed by atoms with Crippen LogP contribution >= 0.6 is 0 Å². The van der Waals surface area contributed by atoms with Crippen LogP contribution in [0.5, 0.6) is 5.75 Å². The van der Waals surface area contributed by atoms with Crippen LogP contribution in [0.3, 0.4) is 0 Å². The molecule has 0 aliphatic rings. The molecule has 0 aliphatic heterocycles. The molecule has 102 valence electrons. The van der Waals surface area contributed by atoms with Crippen molar-refractivity contribution in [3.05, 3.63) is 30.1 Å². The molecular weight excluding hydrogens is 238 g/mol. The smallest absolute Gasteiger partial charge is 0.131 e. The molecule has 1 aromatic carbocycles. The predicted octanol–water partition coefficient (Wildman–Crippen LogP) is 3.11. The standard InChI is InChI=1S/C15H21N3O/c1-4-13-17-14(15(16)18(13)5-2)11-9-7-8-10-12(11)19-6-3/h7-10H,4-6,16H2,1-3H3. The quantitative estimate of drug-likeness (QED) is 0.897. The van der Waals surface area contributed by atoms with Gasteiger partial charge < -0.3 is 15.0 Å². The van der Waals surface area contributed by atoms with E-state index in [1.807, 2.05) is 31.2 Å². The third-order valence-electron chi connectivity index (χ3n) is 3.16. The number of ether oxygens (including phenoxy) is 1. The third kappa shape index (κ3) is 2.43. The van der Waals surface area contributed by atoms with Crippen molar-refractivity contribution in [1.29, 1.82) is 0 Å². The molecule has 4 nitrogen and oxygen atoms in total. The number of nitrogens with zero attached hydrogens (tertiary/aromatic N) is 2. The molecule has 1 heterocycles. The molecule has 4 heteroatoms. The van der Waals surface area contributed by atoms with E-state index in [1.165, 1.54) is 0 Å². The molecule has 0 saturated heterocycles. The SMILES string of the molecule is CCOc1ccccc1-c1nc(CC)n(CC)c1N. The van der Waals surface area contributed by atoms with Crippen molar-refractivity contribution < 1.29 is 4.74 Å². The van der Waals surface area contributed by atoms with Crippen molar-refractivity contribution in [2.45, 2.75) is 33.7 Å². The van der Waals surface area contributed by atoms with Crippen molar-refractivity contribution in [2.24, 2.45) is 0 Å². The van der Waals surface area contributed by atoms with Crippen molar-refractivity contribution in [1.82, 2.24) is 9.55 Å². The zero-order valence-corrected chi connectivity index (χ0v) is 11.8. The highest BCUT2D eigenvalue weighted by Crippen LogP contribution is 2.33. The predicted molar refractivity (Wildman–Crippen MR) is 78.3 cm³/mol. The first kappa shape index (κ1) is 13.5. The summed E-state index contributed by atoms with van der Waals surface area (Å²) >= 11 is 0. The van der Waals surface area contributed by atoms with Gasteiger partial charge in [0.15, 0.2) is 0 Å². The number of benzene rings is 1. The van der Waals surface area contributed by atoms with E-state index in [-0.39, 0.29) is 0 Å². The van der Waals surface area contributed by atoms with Crippen molar-refractivity contribution in [3.63, 3.8) is 0 Å². The van der Waals surface area contributed by atoms with Gasteiger partial charge in [-0.05, 0) is 26.0 Å². The number of anilines is 1. The van der Waals surface area contributed by atoms with Crippen molar-refractivity contribution in [3.8, 4) is 17.0 Å². The van der Waals surface area contributed by atoms with Crippen LogP contribution in [-0.4, -0.2) is 16.2 Å². The highest BCUT2D eigenvalue weighted by Gasteiger charge is 2.17. The summed E-state index contributed by atoms with van der Waals surface area (Å²) in [7, 11) is 0. The van der Waals surface area contributed by atoms with Crippen LogP contribution < -0.4 is 10.5 Å².